The average molecular weight is 498 g/mol. The summed E-state index contributed by atoms with van der Waals surface area (Å²) in [7, 11) is 3.32. The summed E-state index contributed by atoms with van der Waals surface area (Å²) < 4.78 is 21.1. The zero-order valence-corrected chi connectivity index (χ0v) is 21.0. The summed E-state index contributed by atoms with van der Waals surface area (Å²) in [4.78, 5) is 36.1. The number of aromatic nitrogens is 3. The van der Waals surface area contributed by atoms with Crippen LogP contribution >= 0.6 is 0 Å². The standard InChI is InChI=1S/C25H32FN7O3/c1-14-15(2)32(3)21(31-14)13-30-23(34)16-5-8-33(25(11-16)6-7-25)24(35)20(28)10-19(27)17-9-22(36-4)29-12-18(17)26/h9-10,12,16,27H,5-8,11,13,28H2,1-4H3,(H,30,34)/t16-/m0/s1. The number of likely N-dealkylation sites (tertiary alicyclic amines) is 1. The lowest BCUT2D eigenvalue weighted by Crippen LogP contribution is -2.51. The number of pyridine rings is 1. The van der Waals surface area contributed by atoms with E-state index in [9.17, 15) is 14.0 Å². The molecule has 2 amide bonds. The van der Waals surface area contributed by atoms with Crippen LogP contribution in [0.5, 0.6) is 5.88 Å². The monoisotopic (exact) mass is 497 g/mol. The van der Waals surface area contributed by atoms with Crippen molar-refractivity contribution in [2.45, 2.75) is 51.6 Å². The largest absolute Gasteiger partial charge is 0.481 e. The molecule has 2 aromatic heterocycles. The van der Waals surface area contributed by atoms with Crippen molar-refractivity contribution in [3.05, 3.63) is 52.6 Å². The predicted octanol–water partition coefficient (Wildman–Crippen LogP) is 1.88. The van der Waals surface area contributed by atoms with Crippen molar-refractivity contribution in [1.29, 1.82) is 5.41 Å². The second-order valence-corrected chi connectivity index (χ2v) is 9.57. The van der Waals surface area contributed by atoms with E-state index in [1.54, 1.807) is 4.90 Å². The maximum absolute atomic E-state index is 14.2. The fourth-order valence-corrected chi connectivity index (χ4v) is 4.79. The Bertz CT molecular complexity index is 1250. The van der Waals surface area contributed by atoms with Crippen molar-refractivity contribution in [1.82, 2.24) is 24.8 Å². The van der Waals surface area contributed by atoms with Gasteiger partial charge in [0.25, 0.3) is 5.91 Å². The topological polar surface area (TPSA) is 139 Å². The normalized spacial score (nSPS) is 18.8. The Labute approximate surface area is 209 Å². The lowest BCUT2D eigenvalue weighted by atomic mass is 9.88. The number of piperidine rings is 1. The summed E-state index contributed by atoms with van der Waals surface area (Å²) in [5.41, 5.74) is 7.20. The highest BCUT2D eigenvalue weighted by atomic mass is 19.1. The Morgan fingerprint density at radius 3 is 2.72 bits per heavy atom. The first-order valence-corrected chi connectivity index (χ1v) is 11.9. The summed E-state index contributed by atoms with van der Waals surface area (Å²) in [6.45, 7) is 4.67. The van der Waals surface area contributed by atoms with Gasteiger partial charge in [-0.3, -0.25) is 9.59 Å². The first-order valence-electron chi connectivity index (χ1n) is 11.9. The number of nitrogens with one attached hydrogen (secondary N) is 2. The van der Waals surface area contributed by atoms with Crippen LogP contribution in [0.2, 0.25) is 0 Å². The average Bonchev–Trinajstić information content (AvgIpc) is 3.58. The van der Waals surface area contributed by atoms with Gasteiger partial charge in [-0.25, -0.2) is 14.4 Å². The Morgan fingerprint density at radius 1 is 1.39 bits per heavy atom. The van der Waals surface area contributed by atoms with Gasteiger partial charge >= 0.3 is 0 Å². The van der Waals surface area contributed by atoms with Crippen LogP contribution in [-0.2, 0) is 23.2 Å². The van der Waals surface area contributed by atoms with E-state index in [2.05, 4.69) is 15.3 Å². The van der Waals surface area contributed by atoms with Gasteiger partial charge < -0.3 is 30.7 Å². The van der Waals surface area contributed by atoms with Crippen LogP contribution < -0.4 is 15.8 Å². The summed E-state index contributed by atoms with van der Waals surface area (Å²) in [5, 5.41) is 11.2. The molecule has 36 heavy (non-hydrogen) atoms. The van der Waals surface area contributed by atoms with Crippen molar-refractivity contribution >= 4 is 17.5 Å². The molecule has 0 unspecified atom stereocenters. The fraction of sp³-hybridized carbons (Fsp3) is 0.480. The minimum Gasteiger partial charge on any atom is -0.481 e. The van der Waals surface area contributed by atoms with Gasteiger partial charge in [0.05, 0.1) is 37.0 Å². The second kappa shape index (κ2) is 9.71. The van der Waals surface area contributed by atoms with Crippen molar-refractivity contribution in [3.8, 4) is 5.88 Å². The summed E-state index contributed by atoms with van der Waals surface area (Å²) in [5.74, 6) is -0.411. The van der Waals surface area contributed by atoms with Crippen LogP contribution in [0, 0.1) is 31.0 Å². The number of carbonyl (C=O) groups excluding carboxylic acids is 2. The van der Waals surface area contributed by atoms with E-state index in [0.717, 1.165) is 42.3 Å². The number of amides is 2. The van der Waals surface area contributed by atoms with Gasteiger partial charge in [-0.1, -0.05) is 0 Å². The first-order chi connectivity index (χ1) is 17.1. The van der Waals surface area contributed by atoms with Gasteiger partial charge in [-0.15, -0.1) is 0 Å². The fourth-order valence-electron chi connectivity index (χ4n) is 4.79. The van der Waals surface area contributed by atoms with E-state index in [1.165, 1.54) is 13.2 Å². The van der Waals surface area contributed by atoms with Crippen LogP contribution in [0.3, 0.4) is 0 Å². The molecule has 2 aliphatic rings. The maximum atomic E-state index is 14.2. The van der Waals surface area contributed by atoms with Crippen LogP contribution in [0.25, 0.3) is 0 Å². The molecule has 0 bridgehead atoms. The number of methoxy groups -OCH3 is 1. The van der Waals surface area contributed by atoms with E-state index in [4.69, 9.17) is 15.9 Å². The molecule has 3 heterocycles. The van der Waals surface area contributed by atoms with Gasteiger partial charge in [0, 0.05) is 42.4 Å². The van der Waals surface area contributed by atoms with E-state index >= 15 is 0 Å². The first kappa shape index (κ1) is 25.3. The second-order valence-electron chi connectivity index (χ2n) is 9.57. The highest BCUT2D eigenvalue weighted by Gasteiger charge is 2.54. The molecular formula is C25H32FN7O3. The van der Waals surface area contributed by atoms with Crippen LogP contribution in [0.15, 0.2) is 24.0 Å². The Kier molecular flexibility index (Phi) is 6.83. The molecule has 10 nitrogen and oxygen atoms in total. The summed E-state index contributed by atoms with van der Waals surface area (Å²) in [6.07, 6.45) is 4.77. The number of aryl methyl sites for hydroxylation is 1. The third kappa shape index (κ3) is 4.82. The molecule has 4 rings (SSSR count). The minimum atomic E-state index is -0.710. The van der Waals surface area contributed by atoms with Crippen molar-refractivity contribution in [3.63, 3.8) is 0 Å². The molecule has 11 heteroatoms. The van der Waals surface area contributed by atoms with Gasteiger partial charge in [0.1, 0.15) is 5.82 Å². The zero-order chi connectivity index (χ0) is 26.2. The van der Waals surface area contributed by atoms with E-state index in [1.807, 2.05) is 25.5 Å². The van der Waals surface area contributed by atoms with Crippen LogP contribution in [0.1, 0.15) is 48.5 Å². The van der Waals surface area contributed by atoms with E-state index in [0.29, 0.717) is 25.9 Å². The number of allylic oxidation sites excluding steroid dienone is 1. The zero-order valence-electron chi connectivity index (χ0n) is 21.0. The highest BCUT2D eigenvalue weighted by molar-refractivity contribution is 6.11. The molecule has 2 aromatic rings. The number of hydrogen-bond acceptors (Lipinski definition) is 7. The number of imidazole rings is 1. The third-order valence-corrected chi connectivity index (χ3v) is 7.35. The molecule has 1 atom stereocenters. The minimum absolute atomic E-state index is 0.0425. The Morgan fingerprint density at radius 2 is 2.11 bits per heavy atom. The number of carbonyl (C=O) groups is 2. The Balaban J connectivity index is 1.40. The number of nitrogens with two attached hydrogens (primary N) is 1. The number of rotatable bonds is 7. The predicted molar refractivity (Wildman–Crippen MR) is 131 cm³/mol. The van der Waals surface area contributed by atoms with Crippen molar-refractivity contribution in [2.75, 3.05) is 13.7 Å². The molecule has 2 fully saturated rings. The van der Waals surface area contributed by atoms with Gasteiger partial charge in [0.15, 0.2) is 5.82 Å². The number of hydrogen-bond donors (Lipinski definition) is 3. The maximum Gasteiger partial charge on any atom is 0.270 e. The number of halogens is 1. The quantitative estimate of drug-likeness (QED) is 0.394. The molecule has 0 radical (unpaired) electrons. The van der Waals surface area contributed by atoms with E-state index < -0.39 is 17.3 Å². The molecule has 1 saturated heterocycles. The van der Waals surface area contributed by atoms with Gasteiger partial charge in [-0.2, -0.15) is 0 Å². The molecule has 4 N–H and O–H groups in total. The molecule has 0 aromatic carbocycles. The molecule has 1 saturated carbocycles. The lowest BCUT2D eigenvalue weighted by Gasteiger charge is -2.39. The van der Waals surface area contributed by atoms with Crippen molar-refractivity contribution in [2.24, 2.45) is 18.7 Å². The molecule has 1 aliphatic heterocycles. The van der Waals surface area contributed by atoms with Crippen LogP contribution in [0.4, 0.5) is 4.39 Å². The van der Waals surface area contributed by atoms with E-state index in [-0.39, 0.29) is 34.7 Å². The SMILES string of the molecule is COc1cc(C(=N)C=C(N)C(=O)N2CC[C@H](C(=O)NCc3nc(C)c(C)n3C)CC23CC3)c(F)cn1. The smallest absolute Gasteiger partial charge is 0.270 e. The lowest BCUT2D eigenvalue weighted by molar-refractivity contribution is -0.137. The van der Waals surface area contributed by atoms with Gasteiger partial charge in [-0.05, 0) is 45.6 Å². The van der Waals surface area contributed by atoms with Crippen molar-refractivity contribution < 1.29 is 18.7 Å². The number of nitrogens with zero attached hydrogens (tertiary/aromatic N) is 4. The molecule has 1 spiro atoms. The van der Waals surface area contributed by atoms with Crippen LogP contribution in [-0.4, -0.2) is 56.2 Å². The molecule has 1 aliphatic carbocycles. The third-order valence-electron chi connectivity index (χ3n) is 7.35. The molecule has 192 valence electrons. The summed E-state index contributed by atoms with van der Waals surface area (Å²) in [6, 6.07) is 1.28. The highest BCUT2D eigenvalue weighted by Crippen LogP contribution is 2.50. The van der Waals surface area contributed by atoms with Gasteiger partial charge in [0.2, 0.25) is 11.8 Å². The summed E-state index contributed by atoms with van der Waals surface area (Å²) >= 11 is 0. The Hall–Kier alpha value is -3.76. The molecular weight excluding hydrogens is 465 g/mol. The number of ether oxygens (including phenoxy) is 1.